The molecular formula is C11H12N4O3. The zero-order chi connectivity index (χ0) is 13.3. The molecule has 1 aliphatic rings. The Morgan fingerprint density at radius 3 is 2.39 bits per heavy atom. The quantitative estimate of drug-likeness (QED) is 0.603. The second-order valence-electron chi connectivity index (χ2n) is 3.84. The minimum atomic E-state index is -0.806. The molecule has 0 aliphatic carbocycles. The summed E-state index contributed by atoms with van der Waals surface area (Å²) in [6, 6.07) is 2.86. The Morgan fingerprint density at radius 1 is 1.22 bits per heavy atom. The van der Waals surface area contributed by atoms with Crippen molar-refractivity contribution < 1.29 is 14.4 Å². The summed E-state index contributed by atoms with van der Waals surface area (Å²) in [4.78, 5) is 40.2. The monoisotopic (exact) mass is 248 g/mol. The zero-order valence-electron chi connectivity index (χ0n) is 10.0. The fraction of sp³-hybridized carbons (Fsp3) is 0.273. The maximum absolute atomic E-state index is 11.6. The summed E-state index contributed by atoms with van der Waals surface area (Å²) in [5.41, 5.74) is 0.679. The average Bonchev–Trinajstić information content (AvgIpc) is 2.57. The van der Waals surface area contributed by atoms with E-state index >= 15 is 0 Å². The topological polar surface area (TPSA) is 82.6 Å². The highest BCUT2D eigenvalue weighted by molar-refractivity contribution is 6.44. The van der Waals surface area contributed by atoms with E-state index in [9.17, 15) is 14.4 Å². The molecule has 7 nitrogen and oxygen atoms in total. The van der Waals surface area contributed by atoms with Crippen molar-refractivity contribution in [1.82, 2.24) is 14.8 Å². The van der Waals surface area contributed by atoms with Crippen molar-refractivity contribution in [3.8, 4) is 0 Å². The maximum Gasteiger partial charge on any atom is 0.334 e. The Bertz CT molecular complexity index is 512. The van der Waals surface area contributed by atoms with Crippen molar-refractivity contribution in [3.63, 3.8) is 0 Å². The molecule has 4 amide bonds. The van der Waals surface area contributed by atoms with Gasteiger partial charge in [-0.15, -0.1) is 0 Å². The highest BCUT2D eigenvalue weighted by atomic mass is 16.2. The lowest BCUT2D eigenvalue weighted by molar-refractivity contribution is -0.143. The van der Waals surface area contributed by atoms with E-state index in [-0.39, 0.29) is 6.54 Å². The molecule has 94 valence electrons. The number of hydrogen-bond acceptors (Lipinski definition) is 5. The van der Waals surface area contributed by atoms with Gasteiger partial charge < -0.3 is 5.32 Å². The molecule has 0 spiro atoms. The number of nitrogens with zero attached hydrogens (tertiary/aromatic N) is 3. The third-order valence-corrected chi connectivity index (χ3v) is 2.67. The van der Waals surface area contributed by atoms with Crippen molar-refractivity contribution in [3.05, 3.63) is 23.9 Å². The van der Waals surface area contributed by atoms with Crippen LogP contribution < -0.4 is 5.32 Å². The van der Waals surface area contributed by atoms with E-state index < -0.39 is 17.8 Å². The number of aromatic nitrogens is 1. The second kappa shape index (κ2) is 4.44. The van der Waals surface area contributed by atoms with Crippen LogP contribution in [0.3, 0.4) is 0 Å². The number of carbonyl (C=O) groups excluding carboxylic acids is 3. The van der Waals surface area contributed by atoms with E-state index in [1.807, 2.05) is 0 Å². The highest BCUT2D eigenvalue weighted by Gasteiger charge is 2.41. The molecule has 0 unspecified atom stereocenters. The van der Waals surface area contributed by atoms with Gasteiger partial charge in [0.1, 0.15) is 5.82 Å². The zero-order valence-corrected chi connectivity index (χ0v) is 10.0. The summed E-state index contributed by atoms with van der Waals surface area (Å²) in [6.07, 6.45) is 1.55. The molecule has 1 N–H and O–H groups in total. The first-order chi connectivity index (χ1) is 8.54. The molecule has 2 rings (SSSR count). The van der Waals surface area contributed by atoms with Crippen molar-refractivity contribution in [2.24, 2.45) is 0 Å². The molecule has 1 aliphatic heterocycles. The minimum absolute atomic E-state index is 0.0464. The molecule has 0 radical (unpaired) electrons. The predicted octanol–water partition coefficient (Wildman–Crippen LogP) is 0.0439. The number of nitrogens with one attached hydrogen (secondary N) is 1. The van der Waals surface area contributed by atoms with Crippen molar-refractivity contribution in [2.75, 3.05) is 19.4 Å². The van der Waals surface area contributed by atoms with Gasteiger partial charge in [0, 0.05) is 20.3 Å². The number of pyridine rings is 1. The van der Waals surface area contributed by atoms with Gasteiger partial charge in [0.2, 0.25) is 0 Å². The molecule has 7 heteroatoms. The molecule has 1 saturated heterocycles. The van der Waals surface area contributed by atoms with Crippen LogP contribution in [0.2, 0.25) is 0 Å². The summed E-state index contributed by atoms with van der Waals surface area (Å²) in [5, 5.41) is 2.86. The Kier molecular flexibility index (Phi) is 2.97. The number of rotatable bonds is 3. The average molecular weight is 248 g/mol. The van der Waals surface area contributed by atoms with Crippen molar-refractivity contribution >= 4 is 23.7 Å². The van der Waals surface area contributed by atoms with Crippen LogP contribution in [0.4, 0.5) is 10.6 Å². The number of imide groups is 2. The van der Waals surface area contributed by atoms with Gasteiger partial charge in [-0.25, -0.2) is 9.78 Å². The van der Waals surface area contributed by atoms with Crippen LogP contribution >= 0.6 is 0 Å². The lowest BCUT2D eigenvalue weighted by Gasteiger charge is -2.12. The molecule has 0 atom stereocenters. The van der Waals surface area contributed by atoms with Gasteiger partial charge in [-0.1, -0.05) is 6.07 Å². The summed E-state index contributed by atoms with van der Waals surface area (Å²) in [7, 11) is 3.02. The Morgan fingerprint density at radius 2 is 1.94 bits per heavy atom. The first-order valence-electron chi connectivity index (χ1n) is 5.30. The van der Waals surface area contributed by atoms with Crippen LogP contribution in [0, 0.1) is 0 Å². The number of hydrogen-bond donors (Lipinski definition) is 1. The third kappa shape index (κ3) is 1.90. The van der Waals surface area contributed by atoms with Gasteiger partial charge in [-0.2, -0.15) is 0 Å². The van der Waals surface area contributed by atoms with Gasteiger partial charge in [0.25, 0.3) is 0 Å². The van der Waals surface area contributed by atoms with Crippen molar-refractivity contribution in [1.29, 1.82) is 0 Å². The van der Waals surface area contributed by atoms with E-state index in [0.29, 0.717) is 11.4 Å². The lowest BCUT2D eigenvalue weighted by Crippen LogP contribution is -2.31. The minimum Gasteiger partial charge on any atom is -0.373 e. The molecule has 18 heavy (non-hydrogen) atoms. The van der Waals surface area contributed by atoms with E-state index in [4.69, 9.17) is 0 Å². The lowest BCUT2D eigenvalue weighted by atomic mass is 10.2. The van der Waals surface area contributed by atoms with Crippen LogP contribution in [0.15, 0.2) is 18.3 Å². The highest BCUT2D eigenvalue weighted by Crippen LogP contribution is 2.14. The van der Waals surface area contributed by atoms with Gasteiger partial charge in [0.05, 0.1) is 6.54 Å². The summed E-state index contributed by atoms with van der Waals surface area (Å²) in [6.45, 7) is 0.0464. The summed E-state index contributed by atoms with van der Waals surface area (Å²) < 4.78 is 0. The molecule has 0 aromatic carbocycles. The van der Waals surface area contributed by atoms with Crippen LogP contribution in [0.25, 0.3) is 0 Å². The van der Waals surface area contributed by atoms with Crippen LogP contribution in [-0.2, 0) is 16.1 Å². The van der Waals surface area contributed by atoms with Gasteiger partial charge in [-0.05, 0) is 11.6 Å². The number of urea groups is 1. The molecule has 1 aromatic rings. The maximum atomic E-state index is 11.6. The smallest absolute Gasteiger partial charge is 0.334 e. The molecule has 0 saturated carbocycles. The normalized spacial score (nSPS) is 15.6. The van der Waals surface area contributed by atoms with E-state index in [1.54, 1.807) is 25.4 Å². The van der Waals surface area contributed by atoms with E-state index in [1.165, 1.54) is 7.05 Å². The Hall–Kier alpha value is -2.44. The van der Waals surface area contributed by atoms with Gasteiger partial charge in [0.15, 0.2) is 0 Å². The van der Waals surface area contributed by atoms with Gasteiger partial charge in [-0.3, -0.25) is 19.4 Å². The van der Waals surface area contributed by atoms with Gasteiger partial charge >= 0.3 is 17.8 Å². The van der Waals surface area contributed by atoms with Crippen LogP contribution in [0.5, 0.6) is 0 Å². The van der Waals surface area contributed by atoms with Crippen LogP contribution in [-0.4, -0.2) is 46.7 Å². The van der Waals surface area contributed by atoms with E-state index in [2.05, 4.69) is 10.3 Å². The third-order valence-electron chi connectivity index (χ3n) is 2.67. The largest absolute Gasteiger partial charge is 0.373 e. The molecule has 1 fully saturated rings. The number of carbonyl (C=O) groups is 3. The Balaban J connectivity index is 2.16. The molecule has 2 heterocycles. The summed E-state index contributed by atoms with van der Waals surface area (Å²) in [5.74, 6) is -0.925. The van der Waals surface area contributed by atoms with E-state index in [0.717, 1.165) is 9.80 Å². The van der Waals surface area contributed by atoms with Crippen molar-refractivity contribution in [2.45, 2.75) is 6.54 Å². The number of anilines is 1. The summed E-state index contributed by atoms with van der Waals surface area (Å²) >= 11 is 0. The molecule has 0 bridgehead atoms. The number of likely N-dealkylation sites (N-methyl/N-ethyl adjacent to an activating group) is 1. The Labute approximate surface area is 103 Å². The fourth-order valence-electron chi connectivity index (χ4n) is 1.60. The first-order valence-corrected chi connectivity index (χ1v) is 5.30. The standard InChI is InChI=1S/C11H12N4O3/c1-12-8-4-3-7(5-13-8)6-15-10(17)9(16)14(2)11(15)18/h3-5H,6H2,1-2H3,(H,12,13). The fourth-order valence-corrected chi connectivity index (χ4v) is 1.60. The molecule has 1 aromatic heterocycles. The van der Waals surface area contributed by atoms with Crippen LogP contribution in [0.1, 0.15) is 5.56 Å². The predicted molar refractivity (Wildman–Crippen MR) is 62.5 cm³/mol. The number of amides is 4. The molecular weight excluding hydrogens is 236 g/mol. The first kappa shape index (κ1) is 12.0. The SMILES string of the molecule is CNc1ccc(CN2C(=O)C(=O)N(C)C2=O)cn1. The second-order valence-corrected chi connectivity index (χ2v) is 3.84.